The van der Waals surface area contributed by atoms with Crippen LogP contribution in [0, 0.1) is 5.92 Å². The maximum atomic E-state index is 11.3. The molecule has 0 fully saturated rings. The van der Waals surface area contributed by atoms with E-state index in [1.165, 1.54) is 12.3 Å². The lowest BCUT2D eigenvalue weighted by Gasteiger charge is -2.33. The fourth-order valence-electron chi connectivity index (χ4n) is 2.06. The molecule has 1 heterocycles. The summed E-state index contributed by atoms with van der Waals surface area (Å²) in [6.07, 6.45) is 4.42. The summed E-state index contributed by atoms with van der Waals surface area (Å²) in [5.74, 6) is -0.248. The predicted molar refractivity (Wildman–Crippen MR) is 69.5 cm³/mol. The van der Waals surface area contributed by atoms with Crippen LogP contribution < -0.4 is 0 Å². The molecule has 1 aliphatic heterocycles. The summed E-state index contributed by atoms with van der Waals surface area (Å²) in [6.45, 7) is 7.43. The lowest BCUT2D eigenvalue weighted by atomic mass is 9.86. The van der Waals surface area contributed by atoms with Crippen LogP contribution in [0.2, 0.25) is 0 Å². The fraction of sp³-hybridized carbons (Fsp3) is 0.750. The van der Waals surface area contributed by atoms with E-state index >= 15 is 0 Å². The Bertz CT molecular complexity index is 393. The second-order valence-electron chi connectivity index (χ2n) is 4.30. The Morgan fingerprint density at radius 1 is 1.33 bits per heavy atom. The normalized spacial score (nSPS) is 16.2. The molecule has 1 atom stereocenters. The molecule has 6 heteroatoms. The maximum Gasteiger partial charge on any atom is 0.338 e. The molecule has 0 aliphatic carbocycles. The van der Waals surface area contributed by atoms with Crippen molar-refractivity contribution in [1.82, 2.24) is 0 Å². The largest absolute Gasteiger partial charge is 0.431 e. The summed E-state index contributed by atoms with van der Waals surface area (Å²) in [5.41, 5.74) is 0. The number of carbonyl (C=O) groups is 1. The van der Waals surface area contributed by atoms with Gasteiger partial charge in [-0.25, -0.2) is 4.79 Å². The molecule has 0 radical (unpaired) electrons. The zero-order chi connectivity index (χ0) is 14.4. The minimum atomic E-state index is -3.94. The SMILES string of the molecule is CCC(C)C(CC)(CC)S(=O)(=O)O.O=C1C=CO1. The molecule has 0 aromatic heterocycles. The minimum absolute atomic E-state index is 0.00231. The molecule has 0 saturated carbocycles. The van der Waals surface area contributed by atoms with E-state index in [2.05, 4.69) is 4.74 Å². The van der Waals surface area contributed by atoms with Gasteiger partial charge in [-0.2, -0.15) is 8.42 Å². The van der Waals surface area contributed by atoms with Gasteiger partial charge in [-0.05, 0) is 18.8 Å². The van der Waals surface area contributed by atoms with Crippen molar-refractivity contribution in [3.63, 3.8) is 0 Å². The average Bonchev–Trinajstić information content (AvgIpc) is 2.27. The number of carbonyl (C=O) groups excluding carboxylic acids is 1. The van der Waals surface area contributed by atoms with Crippen LogP contribution in [0.1, 0.15) is 47.0 Å². The van der Waals surface area contributed by atoms with E-state index in [1.54, 1.807) is 0 Å². The van der Waals surface area contributed by atoms with Gasteiger partial charge in [-0.15, -0.1) is 0 Å². The van der Waals surface area contributed by atoms with E-state index in [1.807, 2.05) is 27.7 Å². The van der Waals surface area contributed by atoms with E-state index in [4.69, 9.17) is 0 Å². The number of cyclic esters (lactones) is 1. The van der Waals surface area contributed by atoms with Crippen LogP contribution in [0.4, 0.5) is 0 Å². The first-order chi connectivity index (χ1) is 8.25. The van der Waals surface area contributed by atoms with Crippen molar-refractivity contribution in [2.45, 2.75) is 51.7 Å². The van der Waals surface area contributed by atoms with Gasteiger partial charge in [0.15, 0.2) is 0 Å². The van der Waals surface area contributed by atoms with Crippen molar-refractivity contribution in [2.75, 3.05) is 0 Å². The number of ether oxygens (including phenoxy) is 1. The summed E-state index contributed by atoms with van der Waals surface area (Å²) < 4.78 is 34.9. The van der Waals surface area contributed by atoms with Gasteiger partial charge in [0.1, 0.15) is 6.26 Å². The first-order valence-corrected chi connectivity index (χ1v) is 7.53. The van der Waals surface area contributed by atoms with Crippen LogP contribution in [0.3, 0.4) is 0 Å². The molecule has 0 amide bonds. The number of hydrogen-bond acceptors (Lipinski definition) is 4. The first-order valence-electron chi connectivity index (χ1n) is 6.09. The van der Waals surface area contributed by atoms with Crippen LogP contribution in [0.5, 0.6) is 0 Å². The molecule has 0 aromatic carbocycles. The molecule has 5 nitrogen and oxygen atoms in total. The van der Waals surface area contributed by atoms with Gasteiger partial charge in [0.25, 0.3) is 10.1 Å². The monoisotopic (exact) mass is 278 g/mol. The Hall–Kier alpha value is -0.880. The molecule has 1 unspecified atom stereocenters. The van der Waals surface area contributed by atoms with E-state index in [0.717, 1.165) is 6.42 Å². The Morgan fingerprint density at radius 2 is 1.72 bits per heavy atom. The predicted octanol–water partition coefficient (Wildman–Crippen LogP) is 2.54. The van der Waals surface area contributed by atoms with Gasteiger partial charge >= 0.3 is 5.97 Å². The van der Waals surface area contributed by atoms with Crippen LogP contribution in [0.25, 0.3) is 0 Å². The highest BCUT2D eigenvalue weighted by Crippen LogP contribution is 2.35. The molecule has 0 bridgehead atoms. The van der Waals surface area contributed by atoms with Gasteiger partial charge in [-0.3, -0.25) is 4.55 Å². The van der Waals surface area contributed by atoms with Crippen LogP contribution in [0.15, 0.2) is 12.3 Å². The average molecular weight is 278 g/mol. The molecule has 1 rings (SSSR count). The minimum Gasteiger partial charge on any atom is -0.431 e. The van der Waals surface area contributed by atoms with Gasteiger partial charge in [0.2, 0.25) is 0 Å². The number of esters is 1. The fourth-order valence-corrected chi connectivity index (χ4v) is 3.47. The highest BCUT2D eigenvalue weighted by atomic mass is 32.2. The molecule has 106 valence electrons. The first kappa shape index (κ1) is 17.1. The van der Waals surface area contributed by atoms with Crippen molar-refractivity contribution in [3.05, 3.63) is 12.3 Å². The highest BCUT2D eigenvalue weighted by molar-refractivity contribution is 7.87. The summed E-state index contributed by atoms with van der Waals surface area (Å²) in [6, 6.07) is 0. The second-order valence-corrected chi connectivity index (χ2v) is 6.06. The van der Waals surface area contributed by atoms with Crippen molar-refractivity contribution in [3.8, 4) is 0 Å². The summed E-state index contributed by atoms with van der Waals surface area (Å²) in [4.78, 5) is 9.59. The maximum absolute atomic E-state index is 11.3. The van der Waals surface area contributed by atoms with E-state index in [0.29, 0.717) is 12.8 Å². The van der Waals surface area contributed by atoms with E-state index < -0.39 is 14.9 Å². The van der Waals surface area contributed by atoms with Crippen LogP contribution in [-0.2, 0) is 19.6 Å². The zero-order valence-corrected chi connectivity index (χ0v) is 12.2. The third kappa shape index (κ3) is 3.81. The molecule has 18 heavy (non-hydrogen) atoms. The van der Waals surface area contributed by atoms with Crippen LogP contribution >= 0.6 is 0 Å². The smallest absolute Gasteiger partial charge is 0.338 e. The molecule has 1 aliphatic rings. The summed E-state index contributed by atoms with van der Waals surface area (Å²) in [7, 11) is -3.94. The van der Waals surface area contributed by atoms with E-state index in [-0.39, 0.29) is 11.9 Å². The second kappa shape index (κ2) is 6.89. The Morgan fingerprint density at radius 3 is 1.78 bits per heavy atom. The highest BCUT2D eigenvalue weighted by Gasteiger charge is 2.43. The van der Waals surface area contributed by atoms with Gasteiger partial charge in [0.05, 0.1) is 10.8 Å². The molecule has 1 N–H and O–H groups in total. The van der Waals surface area contributed by atoms with Crippen molar-refractivity contribution in [2.24, 2.45) is 5.92 Å². The zero-order valence-electron chi connectivity index (χ0n) is 11.3. The number of rotatable bonds is 5. The van der Waals surface area contributed by atoms with E-state index in [9.17, 15) is 17.8 Å². The molecular formula is C12H22O5S. The van der Waals surface area contributed by atoms with Gasteiger partial charge in [0, 0.05) is 0 Å². The number of hydrogen-bond donors (Lipinski definition) is 1. The Labute approximate surface area is 109 Å². The Kier molecular flexibility index (Phi) is 6.56. The van der Waals surface area contributed by atoms with Crippen molar-refractivity contribution in [1.29, 1.82) is 0 Å². The standard InChI is InChI=1S/C9H20O3S.C3H2O2/c1-5-8(4)9(6-2,7-3)13(10,11)12;4-3-1-2-5-3/h8H,5-7H2,1-4H3,(H,10,11,12);1-2H. The Balaban J connectivity index is 0.000000473. The molecular weight excluding hydrogens is 256 g/mol. The molecule has 0 aromatic rings. The summed E-state index contributed by atoms with van der Waals surface area (Å²) >= 11 is 0. The lowest BCUT2D eigenvalue weighted by molar-refractivity contribution is -0.136. The van der Waals surface area contributed by atoms with Crippen molar-refractivity contribution >= 4 is 16.1 Å². The molecule has 0 saturated heterocycles. The lowest BCUT2D eigenvalue weighted by Crippen LogP contribution is -2.43. The third-order valence-corrected chi connectivity index (χ3v) is 5.62. The molecule has 0 spiro atoms. The van der Waals surface area contributed by atoms with Crippen molar-refractivity contribution < 1.29 is 22.5 Å². The topological polar surface area (TPSA) is 80.7 Å². The quantitative estimate of drug-likeness (QED) is 0.617. The van der Waals surface area contributed by atoms with Gasteiger partial charge in [-0.1, -0.05) is 34.1 Å². The summed E-state index contributed by atoms with van der Waals surface area (Å²) in [5, 5.41) is 0. The van der Waals surface area contributed by atoms with Gasteiger partial charge < -0.3 is 4.74 Å². The third-order valence-electron chi connectivity index (χ3n) is 3.61. The van der Waals surface area contributed by atoms with Crippen LogP contribution in [-0.4, -0.2) is 23.7 Å².